The molecule has 0 spiro atoms. The number of hydrazine groups is 1. The van der Waals surface area contributed by atoms with Crippen LogP contribution >= 0.6 is 11.3 Å². The summed E-state index contributed by atoms with van der Waals surface area (Å²) in [4.78, 5) is 0. The van der Waals surface area contributed by atoms with E-state index in [1.165, 1.54) is 6.07 Å². The monoisotopic (exact) mass is 300 g/mol. The fraction of sp³-hybridized carbons (Fsp3) is 0.286. The van der Waals surface area contributed by atoms with Crippen LogP contribution in [0.25, 0.3) is 0 Å². The van der Waals surface area contributed by atoms with Crippen LogP contribution in [0, 0.1) is 13.8 Å². The Morgan fingerprint density at radius 3 is 2.25 bits per heavy atom. The number of hydrogen-bond acceptors (Lipinski definition) is 3. The van der Waals surface area contributed by atoms with Gasteiger partial charge in [-0.25, -0.2) is 5.43 Å². The summed E-state index contributed by atoms with van der Waals surface area (Å²) in [5.41, 5.74) is 5.41. The smallest absolute Gasteiger partial charge is 0.271 e. The molecule has 0 aliphatic heterocycles. The van der Waals surface area contributed by atoms with Crippen molar-refractivity contribution in [2.45, 2.75) is 26.1 Å². The highest BCUT2D eigenvalue weighted by Gasteiger charge is 2.31. The van der Waals surface area contributed by atoms with Gasteiger partial charge in [0.05, 0.1) is 11.6 Å². The maximum Gasteiger partial charge on any atom is 0.416 e. The summed E-state index contributed by atoms with van der Waals surface area (Å²) in [7, 11) is 0. The van der Waals surface area contributed by atoms with E-state index in [2.05, 4.69) is 5.43 Å². The number of alkyl halides is 3. The lowest BCUT2D eigenvalue weighted by atomic mass is 9.94. The lowest BCUT2D eigenvalue weighted by Crippen LogP contribution is -2.29. The van der Waals surface area contributed by atoms with Crippen molar-refractivity contribution in [2.24, 2.45) is 5.84 Å². The maximum atomic E-state index is 12.7. The molecule has 0 saturated heterocycles. The zero-order valence-corrected chi connectivity index (χ0v) is 11.9. The quantitative estimate of drug-likeness (QED) is 0.665. The Morgan fingerprint density at radius 1 is 1.10 bits per heavy atom. The van der Waals surface area contributed by atoms with Gasteiger partial charge in [-0.1, -0.05) is 6.07 Å². The molecule has 20 heavy (non-hydrogen) atoms. The van der Waals surface area contributed by atoms with Crippen LogP contribution in [0.4, 0.5) is 13.2 Å². The van der Waals surface area contributed by atoms with Gasteiger partial charge in [-0.2, -0.15) is 24.5 Å². The fourth-order valence-electron chi connectivity index (χ4n) is 2.19. The number of thiophene rings is 1. The Labute approximate surface area is 119 Å². The van der Waals surface area contributed by atoms with Crippen LogP contribution in [0.2, 0.25) is 0 Å². The lowest BCUT2D eigenvalue weighted by Gasteiger charge is -2.20. The van der Waals surface area contributed by atoms with Gasteiger partial charge in [0.2, 0.25) is 0 Å². The summed E-state index contributed by atoms with van der Waals surface area (Å²) < 4.78 is 38.0. The van der Waals surface area contributed by atoms with Crippen LogP contribution in [-0.2, 0) is 6.18 Å². The summed E-state index contributed by atoms with van der Waals surface area (Å²) in [6, 6.07) is 3.43. The zero-order valence-electron chi connectivity index (χ0n) is 11.1. The normalized spacial score (nSPS) is 13.5. The predicted octanol–water partition coefficient (Wildman–Crippen LogP) is 3.94. The SMILES string of the molecule is Cc1cc(C(F)(F)F)ccc1C(NN)c1cscc1C. The molecular weight excluding hydrogens is 285 g/mol. The van der Waals surface area contributed by atoms with Gasteiger partial charge >= 0.3 is 6.18 Å². The van der Waals surface area contributed by atoms with Gasteiger partial charge in [-0.15, -0.1) is 0 Å². The Balaban J connectivity index is 2.44. The largest absolute Gasteiger partial charge is 0.416 e. The molecule has 2 nitrogen and oxygen atoms in total. The summed E-state index contributed by atoms with van der Waals surface area (Å²) in [6.07, 6.45) is -4.33. The molecule has 2 rings (SSSR count). The van der Waals surface area contributed by atoms with E-state index in [0.29, 0.717) is 5.56 Å². The molecule has 1 heterocycles. The Bertz CT molecular complexity index is 605. The topological polar surface area (TPSA) is 38.0 Å². The Kier molecular flexibility index (Phi) is 4.17. The zero-order chi connectivity index (χ0) is 14.9. The minimum absolute atomic E-state index is 0.302. The molecule has 6 heteroatoms. The van der Waals surface area contributed by atoms with E-state index in [1.54, 1.807) is 18.3 Å². The highest BCUT2D eigenvalue weighted by Crippen LogP contribution is 2.34. The van der Waals surface area contributed by atoms with Gasteiger partial charge in [-0.3, -0.25) is 5.84 Å². The first-order valence-electron chi connectivity index (χ1n) is 6.01. The van der Waals surface area contributed by atoms with Crippen LogP contribution in [0.3, 0.4) is 0 Å². The highest BCUT2D eigenvalue weighted by atomic mass is 32.1. The average molecular weight is 300 g/mol. The van der Waals surface area contributed by atoms with Gasteiger partial charge in [0.1, 0.15) is 0 Å². The fourth-order valence-corrected chi connectivity index (χ4v) is 3.07. The molecule has 0 saturated carbocycles. The number of halogens is 3. The first-order valence-corrected chi connectivity index (χ1v) is 6.95. The first-order chi connectivity index (χ1) is 9.34. The number of benzene rings is 1. The van der Waals surface area contributed by atoms with E-state index >= 15 is 0 Å². The van der Waals surface area contributed by atoms with E-state index < -0.39 is 11.7 Å². The highest BCUT2D eigenvalue weighted by molar-refractivity contribution is 7.08. The van der Waals surface area contributed by atoms with Gasteiger partial charge in [0.25, 0.3) is 0 Å². The molecular formula is C14H15F3N2S. The Hall–Kier alpha value is -1.37. The van der Waals surface area contributed by atoms with Crippen molar-refractivity contribution in [2.75, 3.05) is 0 Å². The third-order valence-corrected chi connectivity index (χ3v) is 4.16. The standard InChI is InChI=1S/C14H15F3N2S/c1-8-5-10(14(15,16)17)3-4-11(8)13(19-18)12-7-20-6-9(12)2/h3-7,13,19H,18H2,1-2H3. The average Bonchev–Trinajstić information content (AvgIpc) is 2.77. The second-order valence-electron chi connectivity index (χ2n) is 4.68. The van der Waals surface area contributed by atoms with Gasteiger partial charge in [-0.05, 0) is 59.0 Å². The maximum absolute atomic E-state index is 12.7. The third-order valence-electron chi connectivity index (χ3n) is 3.28. The molecule has 3 N–H and O–H groups in total. The minimum Gasteiger partial charge on any atom is -0.271 e. The van der Waals surface area contributed by atoms with E-state index in [0.717, 1.165) is 28.8 Å². The molecule has 0 radical (unpaired) electrons. The van der Waals surface area contributed by atoms with Gasteiger partial charge in [0, 0.05) is 0 Å². The molecule has 1 unspecified atom stereocenters. The third kappa shape index (κ3) is 2.87. The van der Waals surface area contributed by atoms with Crippen molar-refractivity contribution in [3.8, 4) is 0 Å². The van der Waals surface area contributed by atoms with Gasteiger partial charge < -0.3 is 0 Å². The molecule has 0 amide bonds. The molecule has 108 valence electrons. The van der Waals surface area contributed by atoms with Crippen molar-refractivity contribution in [1.29, 1.82) is 0 Å². The second kappa shape index (κ2) is 5.55. The summed E-state index contributed by atoms with van der Waals surface area (Å²) in [5.74, 6) is 5.59. The number of nitrogens with one attached hydrogen (secondary N) is 1. The van der Waals surface area contributed by atoms with E-state index in [9.17, 15) is 13.2 Å². The van der Waals surface area contributed by atoms with Crippen molar-refractivity contribution >= 4 is 11.3 Å². The van der Waals surface area contributed by atoms with E-state index in [1.807, 2.05) is 17.7 Å². The predicted molar refractivity (Wildman–Crippen MR) is 74.4 cm³/mol. The summed E-state index contributed by atoms with van der Waals surface area (Å²) in [5, 5.41) is 3.94. The van der Waals surface area contributed by atoms with E-state index in [4.69, 9.17) is 5.84 Å². The van der Waals surface area contributed by atoms with Crippen molar-refractivity contribution in [3.05, 3.63) is 56.8 Å². The molecule has 1 aromatic heterocycles. The van der Waals surface area contributed by atoms with Crippen LogP contribution in [0.5, 0.6) is 0 Å². The van der Waals surface area contributed by atoms with Crippen LogP contribution in [0.15, 0.2) is 29.0 Å². The minimum atomic E-state index is -4.33. The molecule has 2 aromatic rings. The second-order valence-corrected chi connectivity index (χ2v) is 5.42. The van der Waals surface area contributed by atoms with Crippen LogP contribution in [0.1, 0.15) is 33.9 Å². The van der Waals surface area contributed by atoms with Crippen molar-refractivity contribution in [3.63, 3.8) is 0 Å². The number of rotatable bonds is 3. The van der Waals surface area contributed by atoms with Crippen molar-refractivity contribution < 1.29 is 13.2 Å². The number of nitrogens with two attached hydrogens (primary N) is 1. The Morgan fingerprint density at radius 2 is 1.80 bits per heavy atom. The molecule has 0 fully saturated rings. The molecule has 0 aliphatic rings. The van der Waals surface area contributed by atoms with Crippen LogP contribution < -0.4 is 11.3 Å². The van der Waals surface area contributed by atoms with E-state index in [-0.39, 0.29) is 6.04 Å². The first kappa shape index (κ1) is 15.0. The number of hydrogen-bond donors (Lipinski definition) is 2. The molecule has 1 atom stereocenters. The molecule has 0 aliphatic carbocycles. The summed E-state index contributed by atoms with van der Waals surface area (Å²) in [6.45, 7) is 3.62. The summed E-state index contributed by atoms with van der Waals surface area (Å²) >= 11 is 1.54. The van der Waals surface area contributed by atoms with Gasteiger partial charge in [0.15, 0.2) is 0 Å². The molecule has 1 aromatic carbocycles. The number of aryl methyl sites for hydroxylation is 2. The van der Waals surface area contributed by atoms with Crippen LogP contribution in [-0.4, -0.2) is 0 Å². The van der Waals surface area contributed by atoms with Crippen molar-refractivity contribution in [1.82, 2.24) is 5.43 Å². The molecule has 0 bridgehead atoms. The lowest BCUT2D eigenvalue weighted by molar-refractivity contribution is -0.137.